The van der Waals surface area contributed by atoms with Crippen LogP contribution in [0.2, 0.25) is 0 Å². The molecule has 1 aliphatic rings. The van der Waals surface area contributed by atoms with Gasteiger partial charge in [-0.15, -0.1) is 0 Å². The standard InChI is InChI=1S/C14H18BrF2NO2S/c1-2-18-13(9-5-6-21(19,20)8-9)7-10-12(16)4-3-11(15)14(10)17/h3-4,9,13,18H,2,5-8H2,1H3. The van der Waals surface area contributed by atoms with Crippen molar-refractivity contribution in [2.75, 3.05) is 18.1 Å². The number of nitrogens with one attached hydrogen (secondary N) is 1. The molecule has 2 atom stereocenters. The quantitative estimate of drug-likeness (QED) is 0.797. The number of hydrogen-bond acceptors (Lipinski definition) is 3. The number of benzene rings is 1. The molecular weight excluding hydrogens is 364 g/mol. The van der Waals surface area contributed by atoms with Crippen LogP contribution in [0.1, 0.15) is 18.9 Å². The molecule has 1 aromatic carbocycles. The summed E-state index contributed by atoms with van der Waals surface area (Å²) in [5.41, 5.74) is -0.000349. The van der Waals surface area contributed by atoms with E-state index in [1.165, 1.54) is 12.1 Å². The van der Waals surface area contributed by atoms with Crippen molar-refractivity contribution in [3.8, 4) is 0 Å². The Morgan fingerprint density at radius 2 is 2.14 bits per heavy atom. The van der Waals surface area contributed by atoms with Crippen molar-refractivity contribution in [2.45, 2.75) is 25.8 Å². The highest BCUT2D eigenvalue weighted by molar-refractivity contribution is 9.10. The van der Waals surface area contributed by atoms with Crippen LogP contribution in [0.15, 0.2) is 16.6 Å². The molecule has 2 unspecified atom stereocenters. The summed E-state index contributed by atoms with van der Waals surface area (Å²) < 4.78 is 51.4. The van der Waals surface area contributed by atoms with Crippen molar-refractivity contribution in [2.24, 2.45) is 5.92 Å². The van der Waals surface area contributed by atoms with Crippen LogP contribution in [-0.4, -0.2) is 32.5 Å². The Labute approximate surface area is 132 Å². The Morgan fingerprint density at radius 1 is 1.43 bits per heavy atom. The van der Waals surface area contributed by atoms with Gasteiger partial charge in [0, 0.05) is 11.6 Å². The molecule has 3 nitrogen and oxygen atoms in total. The molecule has 0 spiro atoms. The number of halogens is 3. The third kappa shape index (κ3) is 4.02. The summed E-state index contributed by atoms with van der Waals surface area (Å²) >= 11 is 3.05. The summed E-state index contributed by atoms with van der Waals surface area (Å²) in [6.07, 6.45) is 0.683. The van der Waals surface area contributed by atoms with Gasteiger partial charge < -0.3 is 5.32 Å². The summed E-state index contributed by atoms with van der Waals surface area (Å²) in [6, 6.07) is 2.30. The van der Waals surface area contributed by atoms with Gasteiger partial charge in [-0.2, -0.15) is 0 Å². The molecule has 0 bridgehead atoms. The molecule has 0 amide bonds. The maximum Gasteiger partial charge on any atom is 0.150 e. The zero-order chi connectivity index (χ0) is 15.6. The van der Waals surface area contributed by atoms with Gasteiger partial charge in [0.05, 0.1) is 16.0 Å². The summed E-state index contributed by atoms with van der Waals surface area (Å²) in [6.45, 7) is 2.52. The van der Waals surface area contributed by atoms with Gasteiger partial charge in [-0.3, -0.25) is 0 Å². The second-order valence-electron chi connectivity index (χ2n) is 5.35. The second kappa shape index (κ2) is 6.71. The van der Waals surface area contributed by atoms with E-state index in [1.807, 2.05) is 6.92 Å². The van der Waals surface area contributed by atoms with E-state index in [9.17, 15) is 17.2 Å². The predicted molar refractivity (Wildman–Crippen MR) is 82.0 cm³/mol. The molecule has 0 aliphatic carbocycles. The van der Waals surface area contributed by atoms with Gasteiger partial charge in [-0.25, -0.2) is 17.2 Å². The van der Waals surface area contributed by atoms with Gasteiger partial charge in [-0.1, -0.05) is 6.92 Å². The molecule has 0 saturated carbocycles. The van der Waals surface area contributed by atoms with Crippen LogP contribution in [0, 0.1) is 17.6 Å². The number of sulfone groups is 1. The predicted octanol–water partition coefficient (Wildman–Crippen LogP) is 2.68. The van der Waals surface area contributed by atoms with E-state index in [4.69, 9.17) is 0 Å². The van der Waals surface area contributed by atoms with E-state index in [0.717, 1.165) is 0 Å². The monoisotopic (exact) mass is 381 g/mol. The van der Waals surface area contributed by atoms with Crippen molar-refractivity contribution in [1.82, 2.24) is 5.32 Å². The summed E-state index contributed by atoms with van der Waals surface area (Å²) in [5, 5.41) is 3.17. The molecule has 1 aromatic rings. The number of likely N-dealkylation sites (N-methyl/N-ethyl adjacent to an activating group) is 1. The van der Waals surface area contributed by atoms with Crippen molar-refractivity contribution in [3.05, 3.63) is 33.8 Å². The van der Waals surface area contributed by atoms with E-state index in [-0.39, 0.29) is 39.9 Å². The molecule has 7 heteroatoms. The zero-order valence-corrected chi connectivity index (χ0v) is 14.1. The molecule has 1 fully saturated rings. The van der Waals surface area contributed by atoms with Crippen LogP contribution in [-0.2, 0) is 16.3 Å². The maximum atomic E-state index is 14.1. The lowest BCUT2D eigenvalue weighted by atomic mass is 9.92. The zero-order valence-electron chi connectivity index (χ0n) is 11.7. The van der Waals surface area contributed by atoms with Gasteiger partial charge in [0.25, 0.3) is 0 Å². The van der Waals surface area contributed by atoms with E-state index in [1.54, 1.807) is 0 Å². The fourth-order valence-corrected chi connectivity index (χ4v) is 5.04. The minimum Gasteiger partial charge on any atom is -0.314 e. The lowest BCUT2D eigenvalue weighted by Gasteiger charge is -2.24. The Hall–Kier alpha value is -0.530. The smallest absolute Gasteiger partial charge is 0.150 e. The van der Waals surface area contributed by atoms with Gasteiger partial charge in [0.15, 0.2) is 9.84 Å². The SMILES string of the molecule is CCNC(Cc1c(F)ccc(Br)c1F)C1CCS(=O)(=O)C1. The van der Waals surface area contributed by atoms with Crippen LogP contribution in [0.3, 0.4) is 0 Å². The summed E-state index contributed by atoms with van der Waals surface area (Å²) in [7, 11) is -3.02. The second-order valence-corrected chi connectivity index (χ2v) is 8.44. The normalized spacial score (nSPS) is 22.4. The molecule has 0 aromatic heterocycles. The van der Waals surface area contributed by atoms with E-state index >= 15 is 0 Å². The molecule has 1 N–H and O–H groups in total. The Bertz CT molecular complexity index is 622. The maximum absolute atomic E-state index is 14.1. The summed E-state index contributed by atoms with van der Waals surface area (Å²) in [5.74, 6) is -1.07. The highest BCUT2D eigenvalue weighted by atomic mass is 79.9. The topological polar surface area (TPSA) is 46.2 Å². The Balaban J connectivity index is 2.23. The molecule has 21 heavy (non-hydrogen) atoms. The fraction of sp³-hybridized carbons (Fsp3) is 0.571. The van der Waals surface area contributed by atoms with E-state index in [0.29, 0.717) is 13.0 Å². The van der Waals surface area contributed by atoms with Crippen LogP contribution < -0.4 is 5.32 Å². The Morgan fingerprint density at radius 3 is 2.71 bits per heavy atom. The largest absolute Gasteiger partial charge is 0.314 e. The lowest BCUT2D eigenvalue weighted by molar-refractivity contribution is 0.376. The van der Waals surface area contributed by atoms with Crippen molar-refractivity contribution < 1.29 is 17.2 Å². The third-order valence-electron chi connectivity index (χ3n) is 3.87. The molecular formula is C14H18BrF2NO2S. The van der Waals surface area contributed by atoms with E-state index < -0.39 is 21.5 Å². The van der Waals surface area contributed by atoms with E-state index in [2.05, 4.69) is 21.2 Å². The average molecular weight is 382 g/mol. The van der Waals surface area contributed by atoms with Gasteiger partial charge >= 0.3 is 0 Å². The van der Waals surface area contributed by atoms with Crippen LogP contribution in [0.5, 0.6) is 0 Å². The first kappa shape index (κ1) is 16.8. The van der Waals surface area contributed by atoms with Gasteiger partial charge in [0.1, 0.15) is 11.6 Å². The highest BCUT2D eigenvalue weighted by Gasteiger charge is 2.34. The molecule has 1 aliphatic heterocycles. The van der Waals surface area contributed by atoms with Crippen molar-refractivity contribution in [1.29, 1.82) is 0 Å². The van der Waals surface area contributed by atoms with Crippen LogP contribution >= 0.6 is 15.9 Å². The highest BCUT2D eigenvalue weighted by Crippen LogP contribution is 2.28. The van der Waals surface area contributed by atoms with Gasteiger partial charge in [-0.05, 0) is 53.4 Å². The molecule has 2 rings (SSSR count). The van der Waals surface area contributed by atoms with Crippen molar-refractivity contribution >= 4 is 25.8 Å². The van der Waals surface area contributed by atoms with Gasteiger partial charge in [0.2, 0.25) is 0 Å². The summed E-state index contributed by atoms with van der Waals surface area (Å²) in [4.78, 5) is 0. The minimum absolute atomic E-state index is 0.000349. The molecule has 1 saturated heterocycles. The molecule has 1 heterocycles. The molecule has 118 valence electrons. The first-order valence-electron chi connectivity index (χ1n) is 6.90. The van der Waals surface area contributed by atoms with Crippen molar-refractivity contribution in [3.63, 3.8) is 0 Å². The van der Waals surface area contributed by atoms with Crippen LogP contribution in [0.4, 0.5) is 8.78 Å². The Kier molecular flexibility index (Phi) is 5.38. The first-order valence-corrected chi connectivity index (χ1v) is 9.51. The third-order valence-corrected chi connectivity index (χ3v) is 6.27. The lowest BCUT2D eigenvalue weighted by Crippen LogP contribution is -2.39. The molecule has 0 radical (unpaired) electrons. The number of hydrogen-bond donors (Lipinski definition) is 1. The number of rotatable bonds is 5. The minimum atomic E-state index is -3.02. The first-order chi connectivity index (χ1) is 9.84. The van der Waals surface area contributed by atoms with Crippen LogP contribution in [0.25, 0.3) is 0 Å². The average Bonchev–Trinajstić information content (AvgIpc) is 2.78. The fourth-order valence-electron chi connectivity index (χ4n) is 2.78.